The largest absolute Gasteiger partial charge is 0.481 e. The number of pyridine rings is 2. The van der Waals surface area contributed by atoms with Crippen LogP contribution in [0.1, 0.15) is 93.4 Å². The van der Waals surface area contributed by atoms with Crippen molar-refractivity contribution in [3.8, 4) is 5.88 Å². The maximum absolute atomic E-state index is 11.5. The Kier molecular flexibility index (Phi) is 15.0. The van der Waals surface area contributed by atoms with E-state index in [4.69, 9.17) is 23.9 Å². The second-order valence-electron chi connectivity index (χ2n) is 11.8. The Morgan fingerprint density at radius 3 is 2.42 bits per heavy atom. The molecule has 0 aromatic carbocycles. The molecule has 0 bridgehead atoms. The Hall–Kier alpha value is -2.75. The van der Waals surface area contributed by atoms with Gasteiger partial charge >= 0.3 is 5.97 Å². The van der Waals surface area contributed by atoms with E-state index in [1.807, 2.05) is 12.1 Å². The second kappa shape index (κ2) is 19.5. The summed E-state index contributed by atoms with van der Waals surface area (Å²) >= 11 is 0. The van der Waals surface area contributed by atoms with Gasteiger partial charge in [0.25, 0.3) is 0 Å². The van der Waals surface area contributed by atoms with Gasteiger partial charge in [0.2, 0.25) is 5.88 Å². The molecule has 1 atom stereocenters. The summed E-state index contributed by atoms with van der Waals surface area (Å²) < 4.78 is 22.4. The van der Waals surface area contributed by atoms with Gasteiger partial charge in [-0.25, -0.2) is 9.97 Å². The number of unbranched alkanes of at least 4 members (excludes halogenated alkanes) is 3. The summed E-state index contributed by atoms with van der Waals surface area (Å²) in [6.07, 6.45) is 15.5. The van der Waals surface area contributed by atoms with E-state index >= 15 is 0 Å². The molecule has 9 nitrogen and oxygen atoms in total. The Balaban J connectivity index is 1.02. The van der Waals surface area contributed by atoms with Crippen LogP contribution in [0.25, 0.3) is 0 Å². The van der Waals surface area contributed by atoms with Crippen LogP contribution >= 0.6 is 0 Å². The summed E-state index contributed by atoms with van der Waals surface area (Å²) in [7, 11) is 0. The highest BCUT2D eigenvalue weighted by molar-refractivity contribution is 5.68. The van der Waals surface area contributed by atoms with Crippen molar-refractivity contribution in [2.45, 2.75) is 89.4 Å². The van der Waals surface area contributed by atoms with Crippen LogP contribution in [0.4, 0.5) is 5.82 Å². The molecule has 2 aromatic rings. The molecule has 1 saturated carbocycles. The van der Waals surface area contributed by atoms with Crippen molar-refractivity contribution in [3.05, 3.63) is 47.3 Å². The molecule has 3 heterocycles. The van der Waals surface area contributed by atoms with Gasteiger partial charge in [-0.15, -0.1) is 0 Å². The van der Waals surface area contributed by atoms with Crippen molar-refractivity contribution in [3.63, 3.8) is 0 Å². The van der Waals surface area contributed by atoms with E-state index in [1.54, 1.807) is 6.20 Å². The van der Waals surface area contributed by atoms with Crippen LogP contribution < -0.4 is 10.1 Å². The number of ether oxygens (including phenoxy) is 4. The highest BCUT2D eigenvalue weighted by Gasteiger charge is 2.20. The smallest absolute Gasteiger partial charge is 0.303 e. The summed E-state index contributed by atoms with van der Waals surface area (Å²) in [6.45, 7) is 4.95. The van der Waals surface area contributed by atoms with Gasteiger partial charge in [-0.2, -0.15) is 0 Å². The average Bonchev–Trinajstić information content (AvgIpc) is 3.85. The summed E-state index contributed by atoms with van der Waals surface area (Å²) in [6, 6.07) is 8.13. The molecule has 9 heteroatoms. The first-order chi connectivity index (χ1) is 21.2. The standard InChI is InChI=1S/C34H51N3O6/c38-33(39)25-29(8-3-1-2-4-10-31-15-13-28-9-5-17-35-34(28)37-31)30-14-16-32(36-26-30)43-24-23-42-22-21-41-20-19-40-18-6-7-27-11-12-27/h13-16,26-27,29H,1-12,17-25H2,(H,35,37)(H,38,39)/t29-/m0/s1. The Labute approximate surface area is 257 Å². The second-order valence-corrected chi connectivity index (χ2v) is 11.8. The fraction of sp³-hybridized carbons (Fsp3) is 0.676. The maximum atomic E-state index is 11.5. The van der Waals surface area contributed by atoms with E-state index < -0.39 is 5.97 Å². The third kappa shape index (κ3) is 13.6. The van der Waals surface area contributed by atoms with Crippen LogP contribution in [0.3, 0.4) is 0 Å². The van der Waals surface area contributed by atoms with Crippen molar-refractivity contribution < 1.29 is 28.8 Å². The highest BCUT2D eigenvalue weighted by atomic mass is 16.6. The van der Waals surface area contributed by atoms with E-state index in [0.29, 0.717) is 45.5 Å². The molecule has 1 aliphatic carbocycles. The summed E-state index contributed by atoms with van der Waals surface area (Å²) in [5, 5.41) is 12.9. The molecule has 1 aliphatic heterocycles. The SMILES string of the molecule is O=C(O)C[C@H](CCCCCCc1ccc2c(n1)NCCC2)c1ccc(OCCOCCOCCOCCCC2CC2)nc1. The van der Waals surface area contributed by atoms with Crippen molar-refractivity contribution in [2.75, 3.05) is 58.1 Å². The van der Waals surface area contributed by atoms with Crippen molar-refractivity contribution >= 4 is 11.8 Å². The summed E-state index contributed by atoms with van der Waals surface area (Å²) in [5.41, 5.74) is 3.42. The number of nitrogens with zero attached hydrogens (tertiary/aromatic N) is 2. The zero-order valence-corrected chi connectivity index (χ0v) is 25.8. The van der Waals surface area contributed by atoms with Gasteiger partial charge in [-0.1, -0.05) is 44.2 Å². The van der Waals surface area contributed by atoms with Crippen molar-refractivity contribution in [1.29, 1.82) is 0 Å². The molecule has 0 amide bonds. The number of hydrogen-bond acceptors (Lipinski definition) is 8. The average molecular weight is 598 g/mol. The molecule has 43 heavy (non-hydrogen) atoms. The lowest BCUT2D eigenvalue weighted by atomic mass is 9.91. The topological polar surface area (TPSA) is 112 Å². The lowest BCUT2D eigenvalue weighted by Crippen LogP contribution is -2.14. The lowest BCUT2D eigenvalue weighted by molar-refractivity contribution is -0.137. The fourth-order valence-electron chi connectivity index (χ4n) is 5.50. The molecule has 0 saturated heterocycles. The molecule has 2 N–H and O–H groups in total. The number of aromatic nitrogens is 2. The minimum absolute atomic E-state index is 0.0519. The Bertz CT molecular complexity index is 1060. The molecule has 2 aliphatic rings. The monoisotopic (exact) mass is 597 g/mol. The number of carbonyl (C=O) groups is 1. The summed E-state index contributed by atoms with van der Waals surface area (Å²) in [4.78, 5) is 20.7. The number of anilines is 1. The minimum Gasteiger partial charge on any atom is -0.481 e. The molecule has 0 radical (unpaired) electrons. The molecule has 1 fully saturated rings. The number of aliphatic carboxylic acids is 1. The van der Waals surface area contributed by atoms with Gasteiger partial charge in [-0.3, -0.25) is 4.79 Å². The molecule has 2 aromatic heterocycles. The number of rotatable bonds is 24. The van der Waals surface area contributed by atoms with E-state index in [2.05, 4.69) is 22.4 Å². The predicted molar refractivity (Wildman–Crippen MR) is 167 cm³/mol. The van der Waals surface area contributed by atoms with Gasteiger partial charge in [0.1, 0.15) is 12.4 Å². The zero-order valence-electron chi connectivity index (χ0n) is 25.8. The van der Waals surface area contributed by atoms with E-state index in [9.17, 15) is 9.90 Å². The molecule has 0 spiro atoms. The fourth-order valence-corrected chi connectivity index (χ4v) is 5.50. The predicted octanol–water partition coefficient (Wildman–Crippen LogP) is 6.21. The minimum atomic E-state index is -0.782. The van der Waals surface area contributed by atoms with Gasteiger partial charge in [0.15, 0.2) is 0 Å². The van der Waals surface area contributed by atoms with Crippen LogP contribution in [0.15, 0.2) is 30.5 Å². The van der Waals surface area contributed by atoms with Crippen LogP contribution in [0, 0.1) is 5.92 Å². The summed E-state index contributed by atoms with van der Waals surface area (Å²) in [5.74, 6) is 1.71. The first-order valence-corrected chi connectivity index (χ1v) is 16.4. The van der Waals surface area contributed by atoms with Crippen molar-refractivity contribution in [2.24, 2.45) is 5.92 Å². The number of carboxylic acids is 1. The first-order valence-electron chi connectivity index (χ1n) is 16.4. The number of nitrogens with one attached hydrogen (secondary N) is 1. The number of aryl methyl sites for hydroxylation is 2. The van der Waals surface area contributed by atoms with Crippen molar-refractivity contribution in [1.82, 2.24) is 9.97 Å². The van der Waals surface area contributed by atoms with Crippen LogP contribution in [0.5, 0.6) is 5.88 Å². The van der Waals surface area contributed by atoms with E-state index in [0.717, 1.165) is 87.5 Å². The third-order valence-electron chi connectivity index (χ3n) is 8.16. The van der Waals surface area contributed by atoms with E-state index in [-0.39, 0.29) is 12.3 Å². The Morgan fingerprint density at radius 1 is 0.907 bits per heavy atom. The van der Waals surface area contributed by atoms with Gasteiger partial charge in [0, 0.05) is 31.1 Å². The number of hydrogen-bond donors (Lipinski definition) is 2. The van der Waals surface area contributed by atoms with Crippen LogP contribution in [-0.4, -0.2) is 73.8 Å². The zero-order chi connectivity index (χ0) is 30.0. The van der Waals surface area contributed by atoms with E-state index in [1.165, 1.54) is 31.2 Å². The van der Waals surface area contributed by atoms with Crippen LogP contribution in [-0.2, 0) is 31.8 Å². The normalized spacial score (nSPS) is 15.1. The van der Waals surface area contributed by atoms with Gasteiger partial charge in [-0.05, 0) is 74.0 Å². The molecular formula is C34H51N3O6. The maximum Gasteiger partial charge on any atom is 0.303 e. The Morgan fingerprint density at radius 2 is 1.67 bits per heavy atom. The third-order valence-corrected chi connectivity index (χ3v) is 8.16. The van der Waals surface area contributed by atoms with Gasteiger partial charge < -0.3 is 29.4 Å². The number of fused-ring (bicyclic) bond motifs is 1. The van der Waals surface area contributed by atoms with Gasteiger partial charge in [0.05, 0.1) is 39.5 Å². The quantitative estimate of drug-likeness (QED) is 0.137. The first kappa shape index (κ1) is 33.1. The molecule has 238 valence electrons. The highest BCUT2D eigenvalue weighted by Crippen LogP contribution is 2.33. The lowest BCUT2D eigenvalue weighted by Gasteiger charge is -2.17. The molecule has 0 unspecified atom stereocenters. The van der Waals surface area contributed by atoms with Crippen LogP contribution in [0.2, 0.25) is 0 Å². The molecular weight excluding hydrogens is 546 g/mol. The number of carboxylic acid groups (broad SMARTS) is 1. The molecule has 4 rings (SSSR count).